The number of hydrogen-bond acceptors (Lipinski definition) is 3. The van der Waals surface area contributed by atoms with Crippen LogP contribution in [0, 0.1) is 20.8 Å². The van der Waals surface area contributed by atoms with Gasteiger partial charge in [0.2, 0.25) is 0 Å². The number of carbonyl (C=O) groups is 1. The Labute approximate surface area is 96.5 Å². The molecule has 0 amide bonds. The van der Waals surface area contributed by atoms with Crippen molar-refractivity contribution in [2.24, 2.45) is 0 Å². The Morgan fingerprint density at radius 2 is 1.81 bits per heavy atom. The molecular weight excluding hydrogens is 202 g/mol. The first-order chi connectivity index (χ1) is 7.47. The van der Waals surface area contributed by atoms with Gasteiger partial charge < -0.3 is 10.4 Å². The molecule has 2 N–H and O–H groups in total. The third-order valence-corrected chi connectivity index (χ3v) is 2.81. The van der Waals surface area contributed by atoms with E-state index in [1.807, 2.05) is 32.9 Å². The number of aliphatic hydroxyl groups excluding tert-OH is 1. The predicted molar refractivity (Wildman–Crippen MR) is 64.9 cm³/mol. The maximum Gasteiger partial charge on any atom is 0.192 e. The normalized spacial score (nSPS) is 12.6. The number of nitrogens with one attached hydrogen (secondary N) is 1. The Kier molecular flexibility index (Phi) is 4.21. The van der Waals surface area contributed by atoms with E-state index in [1.54, 1.807) is 7.05 Å². The predicted octanol–water partition coefficient (Wildman–Crippen LogP) is 1.37. The van der Waals surface area contributed by atoms with Crippen molar-refractivity contribution in [3.8, 4) is 0 Å². The van der Waals surface area contributed by atoms with Crippen LogP contribution in [-0.4, -0.2) is 30.6 Å². The number of benzene rings is 1. The number of aliphatic hydroxyl groups is 1. The Balaban J connectivity index is 3.04. The van der Waals surface area contributed by atoms with Crippen LogP contribution in [0.5, 0.6) is 0 Å². The molecule has 16 heavy (non-hydrogen) atoms. The molecule has 0 aromatic heterocycles. The summed E-state index contributed by atoms with van der Waals surface area (Å²) < 4.78 is 0. The van der Waals surface area contributed by atoms with Crippen molar-refractivity contribution in [2.45, 2.75) is 26.9 Å². The van der Waals surface area contributed by atoms with Crippen LogP contribution in [0.1, 0.15) is 27.0 Å². The van der Waals surface area contributed by atoms with Crippen LogP contribution in [0.25, 0.3) is 0 Å². The summed E-state index contributed by atoms with van der Waals surface area (Å²) in [7, 11) is 1.71. The van der Waals surface area contributed by atoms with Gasteiger partial charge in [0.15, 0.2) is 5.78 Å². The molecule has 88 valence electrons. The van der Waals surface area contributed by atoms with Crippen molar-refractivity contribution in [3.63, 3.8) is 0 Å². The number of likely N-dealkylation sites (N-methyl/N-ethyl adjacent to an activating group) is 1. The molecule has 0 aliphatic rings. The summed E-state index contributed by atoms with van der Waals surface area (Å²) >= 11 is 0. The number of carbonyl (C=O) groups excluding carboxylic acids is 1. The van der Waals surface area contributed by atoms with E-state index < -0.39 is 6.10 Å². The number of ketones is 1. The van der Waals surface area contributed by atoms with Crippen LogP contribution < -0.4 is 5.32 Å². The fourth-order valence-corrected chi connectivity index (χ4v) is 1.69. The third kappa shape index (κ3) is 2.68. The Bertz CT molecular complexity index is 399. The molecule has 1 atom stereocenters. The topological polar surface area (TPSA) is 49.3 Å². The average Bonchev–Trinajstić information content (AvgIpc) is 2.23. The quantitative estimate of drug-likeness (QED) is 0.755. The smallest absolute Gasteiger partial charge is 0.192 e. The molecule has 0 saturated carbocycles. The Morgan fingerprint density at radius 1 is 1.25 bits per heavy atom. The zero-order valence-electron chi connectivity index (χ0n) is 10.3. The number of hydrogen-bond donors (Lipinski definition) is 2. The second-order valence-corrected chi connectivity index (χ2v) is 4.19. The molecule has 0 spiro atoms. The van der Waals surface area contributed by atoms with Crippen LogP contribution in [0.15, 0.2) is 12.1 Å². The maximum atomic E-state index is 11.9. The highest BCUT2D eigenvalue weighted by atomic mass is 16.3. The van der Waals surface area contributed by atoms with Crippen LogP contribution in [-0.2, 0) is 0 Å². The molecule has 1 aromatic rings. The maximum absolute atomic E-state index is 11.9. The van der Waals surface area contributed by atoms with Gasteiger partial charge in [0, 0.05) is 12.1 Å². The molecule has 0 bridgehead atoms. The number of aryl methyl sites for hydroxylation is 3. The number of rotatable bonds is 4. The second-order valence-electron chi connectivity index (χ2n) is 4.19. The van der Waals surface area contributed by atoms with E-state index in [1.165, 1.54) is 0 Å². The minimum Gasteiger partial charge on any atom is -0.384 e. The summed E-state index contributed by atoms with van der Waals surface area (Å²) in [6, 6.07) is 3.83. The van der Waals surface area contributed by atoms with Crippen LogP contribution in [0.4, 0.5) is 0 Å². The first kappa shape index (κ1) is 12.9. The van der Waals surface area contributed by atoms with Gasteiger partial charge in [-0.2, -0.15) is 0 Å². The van der Waals surface area contributed by atoms with E-state index in [4.69, 9.17) is 0 Å². The van der Waals surface area contributed by atoms with Crippen LogP contribution in [0.3, 0.4) is 0 Å². The fourth-order valence-electron chi connectivity index (χ4n) is 1.69. The van der Waals surface area contributed by atoms with E-state index in [-0.39, 0.29) is 12.3 Å². The molecule has 3 nitrogen and oxygen atoms in total. The minimum absolute atomic E-state index is 0.213. The van der Waals surface area contributed by atoms with Gasteiger partial charge in [0.1, 0.15) is 6.10 Å². The lowest BCUT2D eigenvalue weighted by atomic mass is 9.96. The van der Waals surface area contributed by atoms with E-state index in [9.17, 15) is 9.90 Å². The summed E-state index contributed by atoms with van der Waals surface area (Å²) in [6.45, 7) is 6.16. The molecule has 0 heterocycles. The van der Waals surface area contributed by atoms with Crippen molar-refractivity contribution in [1.29, 1.82) is 0 Å². The summed E-state index contributed by atoms with van der Waals surface area (Å²) in [4.78, 5) is 11.9. The largest absolute Gasteiger partial charge is 0.384 e. The van der Waals surface area contributed by atoms with Gasteiger partial charge in [-0.05, 0) is 50.6 Å². The van der Waals surface area contributed by atoms with Gasteiger partial charge in [-0.1, -0.05) is 6.07 Å². The molecule has 0 radical (unpaired) electrons. The standard InChI is InChI=1S/C13H19NO2/c1-8-5-10(3)11(6-9(8)2)13(16)12(15)7-14-4/h5-6,12,14-15H,7H2,1-4H3. The lowest BCUT2D eigenvalue weighted by Crippen LogP contribution is -2.31. The van der Waals surface area contributed by atoms with Gasteiger partial charge >= 0.3 is 0 Å². The van der Waals surface area contributed by atoms with Crippen molar-refractivity contribution in [3.05, 3.63) is 34.4 Å². The molecule has 0 saturated heterocycles. The summed E-state index contributed by atoms with van der Waals surface area (Å²) in [5, 5.41) is 12.4. The molecule has 1 unspecified atom stereocenters. The molecule has 3 heteroatoms. The van der Waals surface area contributed by atoms with E-state index in [0.717, 1.165) is 16.7 Å². The molecule has 1 aromatic carbocycles. The van der Waals surface area contributed by atoms with Crippen molar-refractivity contribution in [2.75, 3.05) is 13.6 Å². The van der Waals surface area contributed by atoms with Crippen molar-refractivity contribution >= 4 is 5.78 Å². The Morgan fingerprint density at radius 3 is 2.38 bits per heavy atom. The molecule has 0 fully saturated rings. The number of Topliss-reactive ketones (excluding diaryl/α,β-unsaturated/α-hetero) is 1. The lowest BCUT2D eigenvalue weighted by molar-refractivity contribution is 0.0749. The van der Waals surface area contributed by atoms with Gasteiger partial charge in [-0.15, -0.1) is 0 Å². The van der Waals surface area contributed by atoms with Gasteiger partial charge in [-0.25, -0.2) is 0 Å². The Hall–Kier alpha value is -1.19. The van der Waals surface area contributed by atoms with E-state index in [2.05, 4.69) is 5.32 Å². The minimum atomic E-state index is -0.967. The first-order valence-corrected chi connectivity index (χ1v) is 5.42. The van der Waals surface area contributed by atoms with E-state index >= 15 is 0 Å². The molecular formula is C13H19NO2. The molecule has 0 aliphatic heterocycles. The summed E-state index contributed by atoms with van der Waals surface area (Å²) in [6.07, 6.45) is -0.967. The monoisotopic (exact) mass is 221 g/mol. The zero-order chi connectivity index (χ0) is 12.3. The lowest BCUT2D eigenvalue weighted by Gasteiger charge is -2.13. The fraction of sp³-hybridized carbons (Fsp3) is 0.462. The van der Waals surface area contributed by atoms with Crippen molar-refractivity contribution in [1.82, 2.24) is 5.32 Å². The highest BCUT2D eigenvalue weighted by molar-refractivity contribution is 6.00. The van der Waals surface area contributed by atoms with Gasteiger partial charge in [0.05, 0.1) is 0 Å². The highest BCUT2D eigenvalue weighted by Gasteiger charge is 2.18. The van der Waals surface area contributed by atoms with Crippen molar-refractivity contribution < 1.29 is 9.90 Å². The average molecular weight is 221 g/mol. The third-order valence-electron chi connectivity index (χ3n) is 2.81. The molecule has 1 rings (SSSR count). The summed E-state index contributed by atoms with van der Waals surface area (Å²) in [5.41, 5.74) is 3.77. The van der Waals surface area contributed by atoms with Crippen LogP contribution in [0.2, 0.25) is 0 Å². The SMILES string of the molecule is CNCC(O)C(=O)c1cc(C)c(C)cc1C. The van der Waals surface area contributed by atoms with E-state index in [0.29, 0.717) is 5.56 Å². The zero-order valence-corrected chi connectivity index (χ0v) is 10.3. The highest BCUT2D eigenvalue weighted by Crippen LogP contribution is 2.16. The van der Waals surface area contributed by atoms with Gasteiger partial charge in [0.25, 0.3) is 0 Å². The van der Waals surface area contributed by atoms with Gasteiger partial charge in [-0.3, -0.25) is 4.79 Å². The summed E-state index contributed by atoms with van der Waals surface area (Å²) in [5.74, 6) is -0.213. The second kappa shape index (κ2) is 5.23. The molecule has 0 aliphatic carbocycles. The van der Waals surface area contributed by atoms with Crippen LogP contribution >= 0.6 is 0 Å². The first-order valence-electron chi connectivity index (χ1n) is 5.42.